The number of halogens is 1. The molecular formula is C10H14FN3O4S. The van der Waals surface area contributed by atoms with Gasteiger partial charge in [0.1, 0.15) is 10.7 Å². The molecule has 0 fully saturated rings. The van der Waals surface area contributed by atoms with Gasteiger partial charge in [-0.3, -0.25) is 10.1 Å². The SMILES string of the molecule is CCC(N)CNS(=O)(=O)c1ccc([N+](=O)[O-])cc1F. The number of hydrogen-bond acceptors (Lipinski definition) is 5. The van der Waals surface area contributed by atoms with E-state index in [1.807, 2.05) is 0 Å². The summed E-state index contributed by atoms with van der Waals surface area (Å²) >= 11 is 0. The van der Waals surface area contributed by atoms with Gasteiger partial charge in [-0.25, -0.2) is 17.5 Å². The maximum Gasteiger partial charge on any atom is 0.272 e. The minimum Gasteiger partial charge on any atom is -0.327 e. The molecule has 0 spiro atoms. The van der Waals surface area contributed by atoms with Crippen molar-refractivity contribution < 1.29 is 17.7 Å². The van der Waals surface area contributed by atoms with E-state index in [4.69, 9.17) is 5.73 Å². The van der Waals surface area contributed by atoms with Crippen molar-refractivity contribution in [3.05, 3.63) is 34.1 Å². The molecule has 0 aromatic heterocycles. The maximum atomic E-state index is 13.6. The average molecular weight is 291 g/mol. The monoisotopic (exact) mass is 291 g/mol. The third-order valence-corrected chi connectivity index (χ3v) is 3.93. The van der Waals surface area contributed by atoms with Crippen molar-refractivity contribution in [2.45, 2.75) is 24.3 Å². The first-order valence-electron chi connectivity index (χ1n) is 5.47. The largest absolute Gasteiger partial charge is 0.327 e. The average Bonchev–Trinajstić information content (AvgIpc) is 2.35. The highest BCUT2D eigenvalue weighted by atomic mass is 32.2. The molecule has 9 heteroatoms. The third kappa shape index (κ3) is 3.94. The number of rotatable bonds is 6. The molecule has 0 amide bonds. The van der Waals surface area contributed by atoms with Gasteiger partial charge in [-0.15, -0.1) is 0 Å². The van der Waals surface area contributed by atoms with Crippen LogP contribution in [0.4, 0.5) is 10.1 Å². The first-order valence-corrected chi connectivity index (χ1v) is 6.95. The van der Waals surface area contributed by atoms with Crippen LogP contribution < -0.4 is 10.5 Å². The summed E-state index contributed by atoms with van der Waals surface area (Å²) in [4.78, 5) is 8.98. The maximum absolute atomic E-state index is 13.6. The Hall–Kier alpha value is -1.58. The van der Waals surface area contributed by atoms with E-state index in [9.17, 15) is 22.9 Å². The topological polar surface area (TPSA) is 115 Å². The van der Waals surface area contributed by atoms with E-state index in [0.29, 0.717) is 12.5 Å². The molecular weight excluding hydrogens is 277 g/mol. The summed E-state index contributed by atoms with van der Waals surface area (Å²) in [7, 11) is -4.07. The highest BCUT2D eigenvalue weighted by Gasteiger charge is 2.21. The Bertz CT molecular complexity index is 576. The summed E-state index contributed by atoms with van der Waals surface area (Å²) in [6.07, 6.45) is 0.561. The Morgan fingerprint density at radius 3 is 2.63 bits per heavy atom. The van der Waals surface area contributed by atoms with Gasteiger partial charge in [0.05, 0.1) is 11.0 Å². The van der Waals surface area contributed by atoms with Gasteiger partial charge in [0, 0.05) is 18.7 Å². The second-order valence-corrected chi connectivity index (χ2v) is 5.63. The molecule has 106 valence electrons. The number of nitro benzene ring substituents is 1. The molecule has 1 aromatic carbocycles. The van der Waals surface area contributed by atoms with E-state index in [2.05, 4.69) is 4.72 Å². The van der Waals surface area contributed by atoms with Gasteiger partial charge in [-0.05, 0) is 12.5 Å². The van der Waals surface area contributed by atoms with Crippen molar-refractivity contribution in [2.75, 3.05) is 6.54 Å². The molecule has 0 saturated carbocycles. The van der Waals surface area contributed by atoms with E-state index in [1.165, 1.54) is 0 Å². The number of nitro groups is 1. The van der Waals surface area contributed by atoms with Crippen LogP contribution >= 0.6 is 0 Å². The summed E-state index contributed by atoms with van der Waals surface area (Å²) in [5.41, 5.74) is 5.04. The van der Waals surface area contributed by atoms with Crippen LogP contribution in [0.25, 0.3) is 0 Å². The second-order valence-electron chi connectivity index (χ2n) is 3.89. The predicted octanol–water partition coefficient (Wildman–Crippen LogP) is 0.750. The zero-order chi connectivity index (χ0) is 14.6. The molecule has 0 saturated heterocycles. The zero-order valence-electron chi connectivity index (χ0n) is 10.2. The number of nitrogens with two attached hydrogens (primary N) is 1. The first kappa shape index (κ1) is 15.5. The fraction of sp³-hybridized carbons (Fsp3) is 0.400. The van der Waals surface area contributed by atoms with E-state index >= 15 is 0 Å². The summed E-state index contributed by atoms with van der Waals surface area (Å²) in [6.45, 7) is 1.75. The highest BCUT2D eigenvalue weighted by molar-refractivity contribution is 7.89. The van der Waals surface area contributed by atoms with Crippen LogP contribution in [0, 0.1) is 15.9 Å². The van der Waals surface area contributed by atoms with E-state index in [1.54, 1.807) is 6.92 Å². The third-order valence-electron chi connectivity index (χ3n) is 2.48. The number of non-ortho nitro benzene ring substituents is 1. The van der Waals surface area contributed by atoms with Crippen LogP contribution in [-0.2, 0) is 10.0 Å². The second kappa shape index (κ2) is 6.04. The predicted molar refractivity (Wildman–Crippen MR) is 66.5 cm³/mol. The van der Waals surface area contributed by atoms with Crippen LogP contribution in [0.2, 0.25) is 0 Å². The Morgan fingerprint density at radius 2 is 2.16 bits per heavy atom. The molecule has 1 aromatic rings. The lowest BCUT2D eigenvalue weighted by atomic mass is 10.2. The van der Waals surface area contributed by atoms with Crippen LogP contribution in [0.3, 0.4) is 0 Å². The molecule has 3 N–H and O–H groups in total. The zero-order valence-corrected chi connectivity index (χ0v) is 11.0. The summed E-state index contributed by atoms with van der Waals surface area (Å²) in [5.74, 6) is -1.17. The minimum absolute atomic E-state index is 0.0325. The minimum atomic E-state index is -4.07. The highest BCUT2D eigenvalue weighted by Crippen LogP contribution is 2.20. The van der Waals surface area contributed by atoms with Crippen LogP contribution in [0.15, 0.2) is 23.1 Å². The molecule has 1 unspecified atom stereocenters. The molecule has 19 heavy (non-hydrogen) atoms. The number of nitrogens with zero attached hydrogens (tertiary/aromatic N) is 1. The lowest BCUT2D eigenvalue weighted by Crippen LogP contribution is -2.37. The number of benzene rings is 1. The summed E-state index contributed by atoms with van der Waals surface area (Å²) in [6, 6.07) is 1.97. The molecule has 1 atom stereocenters. The Labute approximate surface area is 109 Å². The number of hydrogen-bond donors (Lipinski definition) is 2. The van der Waals surface area contributed by atoms with E-state index in [0.717, 1.165) is 12.1 Å². The van der Waals surface area contributed by atoms with E-state index < -0.39 is 31.3 Å². The Balaban J connectivity index is 2.99. The number of nitrogens with one attached hydrogen (secondary N) is 1. The van der Waals surface area contributed by atoms with Crippen molar-refractivity contribution >= 4 is 15.7 Å². The normalized spacial score (nSPS) is 13.2. The summed E-state index contributed by atoms with van der Waals surface area (Å²) in [5, 5.41) is 10.4. The first-order chi connectivity index (χ1) is 8.77. The molecule has 0 aliphatic carbocycles. The Kier molecular flexibility index (Phi) is 4.92. The van der Waals surface area contributed by atoms with E-state index in [-0.39, 0.29) is 12.6 Å². The van der Waals surface area contributed by atoms with Gasteiger partial charge in [-0.2, -0.15) is 0 Å². The summed E-state index contributed by atoms with van der Waals surface area (Å²) < 4.78 is 39.3. The van der Waals surface area contributed by atoms with Gasteiger partial charge in [-0.1, -0.05) is 6.92 Å². The van der Waals surface area contributed by atoms with Gasteiger partial charge >= 0.3 is 0 Å². The Morgan fingerprint density at radius 1 is 1.53 bits per heavy atom. The van der Waals surface area contributed by atoms with Gasteiger partial charge in [0.15, 0.2) is 0 Å². The fourth-order valence-corrected chi connectivity index (χ4v) is 2.41. The van der Waals surface area contributed by atoms with Crippen molar-refractivity contribution in [2.24, 2.45) is 5.73 Å². The van der Waals surface area contributed by atoms with Crippen molar-refractivity contribution in [1.29, 1.82) is 0 Å². The van der Waals surface area contributed by atoms with Crippen LogP contribution in [0.5, 0.6) is 0 Å². The molecule has 0 aliphatic heterocycles. The molecule has 1 rings (SSSR count). The lowest BCUT2D eigenvalue weighted by molar-refractivity contribution is -0.385. The molecule has 7 nitrogen and oxygen atoms in total. The standard InChI is InChI=1S/C10H14FN3O4S/c1-2-7(12)6-13-19(17,18)10-4-3-8(14(15)16)5-9(10)11/h3-5,7,13H,2,6,12H2,1H3. The van der Waals surface area contributed by atoms with Crippen LogP contribution in [0.1, 0.15) is 13.3 Å². The smallest absolute Gasteiger partial charge is 0.272 e. The quantitative estimate of drug-likeness (QED) is 0.592. The van der Waals surface area contributed by atoms with Crippen molar-refractivity contribution in [3.63, 3.8) is 0 Å². The van der Waals surface area contributed by atoms with Gasteiger partial charge < -0.3 is 5.73 Å². The lowest BCUT2D eigenvalue weighted by Gasteiger charge is -2.11. The number of sulfonamides is 1. The van der Waals surface area contributed by atoms with Crippen molar-refractivity contribution in [3.8, 4) is 0 Å². The van der Waals surface area contributed by atoms with Crippen molar-refractivity contribution in [1.82, 2.24) is 4.72 Å². The molecule has 0 aliphatic rings. The molecule has 0 bridgehead atoms. The van der Waals surface area contributed by atoms with Gasteiger partial charge in [0.25, 0.3) is 5.69 Å². The van der Waals surface area contributed by atoms with Gasteiger partial charge in [0.2, 0.25) is 10.0 Å². The molecule has 0 heterocycles. The molecule has 0 radical (unpaired) electrons. The van der Waals surface area contributed by atoms with Crippen LogP contribution in [-0.4, -0.2) is 25.9 Å². The fourth-order valence-electron chi connectivity index (χ4n) is 1.26.